The first kappa shape index (κ1) is 59.7. The molecule has 15 atom stereocenters. The molecule has 428 valence electrons. The van der Waals surface area contributed by atoms with Crippen molar-refractivity contribution in [2.75, 3.05) is 13.2 Å². The normalized spacial score (nSPS) is 28.5. The number of aliphatic hydroxyl groups is 1. The number of esters is 3. The third-order valence-corrected chi connectivity index (χ3v) is 13.5. The predicted octanol–water partition coefficient (Wildman–Crippen LogP) is 6.43. The molecule has 0 radical (unpaired) electrons. The van der Waals surface area contributed by atoms with E-state index in [0.29, 0.717) is 0 Å². The second kappa shape index (κ2) is 29.8. The van der Waals surface area contributed by atoms with Gasteiger partial charge in [0.2, 0.25) is 5.91 Å². The number of hydrogen-bond donors (Lipinski definition) is 2. The largest absolute Gasteiger partial charge is 0.456 e. The predicted molar refractivity (Wildman–Crippen MR) is 285 cm³/mol. The van der Waals surface area contributed by atoms with E-state index in [1.807, 2.05) is 152 Å². The molecule has 19 nitrogen and oxygen atoms in total. The van der Waals surface area contributed by atoms with Gasteiger partial charge in [0, 0.05) is 27.7 Å². The summed E-state index contributed by atoms with van der Waals surface area (Å²) in [6.07, 6.45) is -18.0. The van der Waals surface area contributed by atoms with Crippen LogP contribution in [0.5, 0.6) is 0 Å². The molecule has 1 amide bonds. The van der Waals surface area contributed by atoms with Crippen LogP contribution < -0.4 is 5.32 Å². The first-order valence-corrected chi connectivity index (χ1v) is 26.7. The minimum Gasteiger partial charge on any atom is -0.456 e. The molecular formula is C61H71NO18. The smallest absolute Gasteiger partial charge is 0.303 e. The zero-order valence-corrected chi connectivity index (χ0v) is 45.4. The van der Waals surface area contributed by atoms with Gasteiger partial charge < -0.3 is 72.0 Å². The van der Waals surface area contributed by atoms with Gasteiger partial charge >= 0.3 is 17.9 Å². The van der Waals surface area contributed by atoms with Crippen molar-refractivity contribution >= 4 is 23.8 Å². The Morgan fingerprint density at radius 2 is 0.812 bits per heavy atom. The molecule has 0 unspecified atom stereocenters. The molecule has 0 aliphatic carbocycles. The van der Waals surface area contributed by atoms with Crippen molar-refractivity contribution < 1.29 is 85.9 Å². The lowest BCUT2D eigenvalue weighted by molar-refractivity contribution is -0.376. The number of ether oxygens (including phenoxy) is 13. The van der Waals surface area contributed by atoms with Crippen LogP contribution in [0.2, 0.25) is 0 Å². The molecule has 5 aromatic carbocycles. The van der Waals surface area contributed by atoms with Gasteiger partial charge in [-0.3, -0.25) is 19.2 Å². The molecule has 3 heterocycles. The summed E-state index contributed by atoms with van der Waals surface area (Å²) in [5.74, 6) is -2.79. The first-order valence-electron chi connectivity index (χ1n) is 26.7. The van der Waals surface area contributed by atoms with Gasteiger partial charge in [0.05, 0.1) is 52.4 Å². The molecule has 3 aliphatic heterocycles. The maximum absolute atomic E-state index is 13.6. The number of hydrogen-bond acceptors (Lipinski definition) is 18. The summed E-state index contributed by atoms with van der Waals surface area (Å²) in [6.45, 7) is 6.70. The monoisotopic (exact) mass is 1110 g/mol. The van der Waals surface area contributed by atoms with Gasteiger partial charge in [-0.25, -0.2) is 0 Å². The van der Waals surface area contributed by atoms with Crippen molar-refractivity contribution in [2.24, 2.45) is 0 Å². The number of carbonyl (C=O) groups excluding carboxylic acids is 4. The fourth-order valence-electron chi connectivity index (χ4n) is 9.89. The van der Waals surface area contributed by atoms with E-state index in [9.17, 15) is 24.3 Å². The van der Waals surface area contributed by atoms with E-state index in [1.165, 1.54) is 13.8 Å². The Hall–Kier alpha value is -6.46. The van der Waals surface area contributed by atoms with Crippen molar-refractivity contribution in [1.82, 2.24) is 5.32 Å². The van der Waals surface area contributed by atoms with E-state index in [1.54, 1.807) is 6.92 Å². The quantitative estimate of drug-likeness (QED) is 0.0475. The van der Waals surface area contributed by atoms with Crippen molar-refractivity contribution in [3.63, 3.8) is 0 Å². The second-order valence-corrected chi connectivity index (χ2v) is 19.8. The molecule has 0 aromatic heterocycles. The highest BCUT2D eigenvalue weighted by Gasteiger charge is 2.57. The van der Waals surface area contributed by atoms with Crippen LogP contribution in [0.15, 0.2) is 152 Å². The highest BCUT2D eigenvalue weighted by atomic mass is 16.8. The Morgan fingerprint density at radius 1 is 0.425 bits per heavy atom. The summed E-state index contributed by atoms with van der Waals surface area (Å²) in [6, 6.07) is 46.1. The molecule has 8 rings (SSSR count). The number of carbonyl (C=O) groups is 4. The molecule has 0 saturated carbocycles. The lowest BCUT2D eigenvalue weighted by Gasteiger charge is -2.51. The van der Waals surface area contributed by atoms with Gasteiger partial charge in [-0.1, -0.05) is 152 Å². The number of aliphatic hydroxyl groups excluding tert-OH is 1. The van der Waals surface area contributed by atoms with Crippen molar-refractivity contribution in [3.05, 3.63) is 179 Å². The van der Waals surface area contributed by atoms with E-state index in [2.05, 4.69) is 5.32 Å². The summed E-state index contributed by atoms with van der Waals surface area (Å²) in [4.78, 5) is 51.7. The van der Waals surface area contributed by atoms with E-state index >= 15 is 0 Å². The average molecular weight is 1110 g/mol. The summed E-state index contributed by atoms with van der Waals surface area (Å²) in [5.41, 5.74) is 4.20. The zero-order valence-electron chi connectivity index (χ0n) is 45.4. The molecule has 3 aliphatic rings. The van der Waals surface area contributed by atoms with Gasteiger partial charge in [-0.15, -0.1) is 0 Å². The zero-order chi connectivity index (χ0) is 56.4. The lowest BCUT2D eigenvalue weighted by Crippen LogP contribution is -2.70. The summed E-state index contributed by atoms with van der Waals surface area (Å²) in [5, 5.41) is 15.3. The molecule has 0 spiro atoms. The number of rotatable bonds is 25. The minimum atomic E-state index is -1.70. The molecule has 3 fully saturated rings. The molecule has 19 heteroatoms. The number of benzene rings is 5. The van der Waals surface area contributed by atoms with E-state index < -0.39 is 116 Å². The average Bonchev–Trinajstić information content (AvgIpc) is 3.51. The summed E-state index contributed by atoms with van der Waals surface area (Å²) < 4.78 is 84.1. The summed E-state index contributed by atoms with van der Waals surface area (Å²) in [7, 11) is 0. The van der Waals surface area contributed by atoms with Crippen molar-refractivity contribution in [2.45, 2.75) is 160 Å². The van der Waals surface area contributed by atoms with Crippen LogP contribution in [-0.2, 0) is 114 Å². The number of nitrogens with one attached hydrogen (secondary N) is 1. The van der Waals surface area contributed by atoms with Crippen LogP contribution in [0.3, 0.4) is 0 Å². The number of amides is 1. The van der Waals surface area contributed by atoms with Gasteiger partial charge in [0.15, 0.2) is 37.2 Å². The standard InChI is InChI=1S/C61H71NO18/c1-38-51(74-40(3)64)56(75-41(4)65)58(76-42(5)66)61(73-38)79-53-49(37-69-32-44-23-13-7-14-24-44)78-60(50(62-39(2)63)54(53)71-34-46-27-17-9-18-28-46)80-57-55(72-35-47-29-19-10-20-30-47)52(70-33-45-25-15-8-16-26-45)48(77-59(57)67)36-68-31-43-21-11-6-12-22-43/h6-30,38,48-61,67H,31-37H2,1-5H3,(H,62,63)/t38-,48-,49-,50-,51+,52-,53-,54-,55+,56+,57+,58-,59+,60+,61+/m1/s1. The van der Waals surface area contributed by atoms with Crippen LogP contribution in [-0.4, -0.2) is 134 Å². The molecule has 2 N–H and O–H groups in total. The van der Waals surface area contributed by atoms with Crippen LogP contribution in [0.1, 0.15) is 62.4 Å². The topological polar surface area (TPSA) is 221 Å². The maximum Gasteiger partial charge on any atom is 0.303 e. The van der Waals surface area contributed by atoms with Gasteiger partial charge in [0.25, 0.3) is 0 Å². The van der Waals surface area contributed by atoms with Crippen LogP contribution in [0.25, 0.3) is 0 Å². The van der Waals surface area contributed by atoms with Gasteiger partial charge in [-0.2, -0.15) is 0 Å². The van der Waals surface area contributed by atoms with Gasteiger partial charge in [0.1, 0.15) is 48.8 Å². The third-order valence-electron chi connectivity index (χ3n) is 13.5. The molecule has 3 saturated heterocycles. The summed E-state index contributed by atoms with van der Waals surface area (Å²) >= 11 is 0. The Balaban J connectivity index is 1.19. The molecular weight excluding hydrogens is 1030 g/mol. The third kappa shape index (κ3) is 17.0. The van der Waals surface area contributed by atoms with Crippen LogP contribution in [0, 0.1) is 0 Å². The highest BCUT2D eigenvalue weighted by Crippen LogP contribution is 2.37. The van der Waals surface area contributed by atoms with E-state index in [0.717, 1.165) is 41.7 Å². The molecule has 80 heavy (non-hydrogen) atoms. The maximum atomic E-state index is 13.6. The Kier molecular flexibility index (Phi) is 22.3. The first-order chi connectivity index (χ1) is 38.8. The Morgan fingerprint density at radius 3 is 1.26 bits per heavy atom. The fraction of sp³-hybridized carbons (Fsp3) is 0.443. The van der Waals surface area contributed by atoms with Crippen LogP contribution >= 0.6 is 0 Å². The van der Waals surface area contributed by atoms with Gasteiger partial charge in [-0.05, 0) is 34.7 Å². The molecule has 0 bridgehead atoms. The van der Waals surface area contributed by atoms with E-state index in [-0.39, 0.29) is 46.2 Å². The fourth-order valence-corrected chi connectivity index (χ4v) is 9.89. The van der Waals surface area contributed by atoms with Crippen molar-refractivity contribution in [1.29, 1.82) is 0 Å². The van der Waals surface area contributed by atoms with Crippen LogP contribution in [0.4, 0.5) is 0 Å². The SMILES string of the molecule is CC(=O)N[C@H]1[C@H](O[C@H]2[C@@H](OCc3ccccc3)[C@H](OCc3ccccc3)[C@@H](COCc3ccccc3)O[C@@H]2O)O[C@H](COCc2ccccc2)[C@@H](O[C@@H]2O[C@H](C)[C@H](OC(C)=O)[C@H](OC(C)=O)[C@H]2OC(C)=O)[C@@H]1OCc1ccccc1. The Labute approximate surface area is 465 Å². The lowest BCUT2D eigenvalue weighted by atomic mass is 9.94. The minimum absolute atomic E-state index is 0.0108. The Bertz CT molecular complexity index is 2670. The van der Waals surface area contributed by atoms with Crippen molar-refractivity contribution in [3.8, 4) is 0 Å². The molecule has 5 aromatic rings. The highest BCUT2D eigenvalue weighted by molar-refractivity contribution is 5.73. The second-order valence-electron chi connectivity index (χ2n) is 19.8. The van der Waals surface area contributed by atoms with E-state index in [4.69, 9.17) is 61.6 Å².